The fourth-order valence-electron chi connectivity index (χ4n) is 3.24. The van der Waals surface area contributed by atoms with Crippen molar-refractivity contribution in [1.29, 1.82) is 0 Å². The minimum absolute atomic E-state index is 0.0115. The van der Waals surface area contributed by atoms with Crippen molar-refractivity contribution >= 4 is 51.8 Å². The van der Waals surface area contributed by atoms with Crippen molar-refractivity contribution < 1.29 is 14.5 Å². The Balaban J connectivity index is 1.47. The summed E-state index contributed by atoms with van der Waals surface area (Å²) in [5.74, 6) is -0.743. The summed E-state index contributed by atoms with van der Waals surface area (Å²) in [5.41, 5.74) is 3.71. The first-order valence-corrected chi connectivity index (χ1v) is 8.93. The Morgan fingerprint density at radius 2 is 1.97 bits per heavy atom. The zero-order chi connectivity index (χ0) is 20.5. The van der Waals surface area contributed by atoms with E-state index in [-0.39, 0.29) is 23.2 Å². The van der Waals surface area contributed by atoms with Crippen molar-refractivity contribution in [3.05, 3.63) is 80.9 Å². The Hall–Kier alpha value is -3.78. The van der Waals surface area contributed by atoms with Crippen LogP contribution < -0.4 is 10.3 Å². The van der Waals surface area contributed by atoms with Crippen LogP contribution in [0.15, 0.2) is 59.7 Å². The number of nitro groups is 1. The number of nitro benzene ring substituents is 1. The number of halogens is 1. The van der Waals surface area contributed by atoms with Crippen molar-refractivity contribution in [2.45, 2.75) is 0 Å². The summed E-state index contributed by atoms with van der Waals surface area (Å²) in [6, 6.07) is 15.1. The number of hydrogen-bond acceptors (Lipinski definition) is 5. The van der Waals surface area contributed by atoms with Crippen LogP contribution in [0.3, 0.4) is 0 Å². The minimum atomic E-state index is -0.602. The fraction of sp³-hybridized carbons (Fsp3) is 0.0500. The lowest BCUT2D eigenvalue weighted by atomic mass is 10.1. The minimum Gasteiger partial charge on any atom is -0.298 e. The highest BCUT2D eigenvalue weighted by Gasteiger charge is 2.30. The van der Waals surface area contributed by atoms with Gasteiger partial charge in [-0.05, 0) is 23.6 Å². The second-order valence-corrected chi connectivity index (χ2v) is 6.74. The van der Waals surface area contributed by atoms with Crippen LogP contribution in [0.4, 0.5) is 11.4 Å². The Labute approximate surface area is 169 Å². The normalized spacial score (nSPS) is 12.7. The maximum absolute atomic E-state index is 12.7. The number of nitrogens with zero attached hydrogens (tertiary/aromatic N) is 3. The van der Waals surface area contributed by atoms with E-state index < -0.39 is 10.8 Å². The van der Waals surface area contributed by atoms with E-state index in [9.17, 15) is 19.7 Å². The monoisotopic (exact) mass is 408 g/mol. The molecule has 8 nitrogen and oxygen atoms in total. The third kappa shape index (κ3) is 3.41. The smallest absolute Gasteiger partial charge is 0.288 e. The first-order valence-electron chi connectivity index (χ1n) is 8.55. The number of carbonyl (C=O) groups is 2. The van der Waals surface area contributed by atoms with Crippen molar-refractivity contribution in [3.8, 4) is 0 Å². The van der Waals surface area contributed by atoms with E-state index in [0.717, 1.165) is 10.8 Å². The standard InChI is InChI=1S/C20H13ClN4O4/c21-15-8-7-12(9-17(15)25(28)29)10-22-23-18(26)11-24-16-6-2-4-13-3-1-5-14(19(13)16)20(24)27/h1-10H,11H2,(H,23,26)/b22-10+. The van der Waals surface area contributed by atoms with E-state index in [2.05, 4.69) is 10.5 Å². The molecule has 0 saturated heterocycles. The molecule has 29 heavy (non-hydrogen) atoms. The summed E-state index contributed by atoms with van der Waals surface area (Å²) in [7, 11) is 0. The van der Waals surface area contributed by atoms with Crippen molar-refractivity contribution in [2.75, 3.05) is 11.4 Å². The van der Waals surface area contributed by atoms with Gasteiger partial charge in [0, 0.05) is 22.6 Å². The Kier molecular flexibility index (Phi) is 4.69. The van der Waals surface area contributed by atoms with E-state index in [0.29, 0.717) is 16.8 Å². The van der Waals surface area contributed by atoms with Gasteiger partial charge in [0.25, 0.3) is 17.5 Å². The lowest BCUT2D eigenvalue weighted by molar-refractivity contribution is -0.384. The average molecular weight is 409 g/mol. The predicted molar refractivity (Wildman–Crippen MR) is 109 cm³/mol. The summed E-state index contributed by atoms with van der Waals surface area (Å²) in [6.07, 6.45) is 1.27. The highest BCUT2D eigenvalue weighted by atomic mass is 35.5. The first-order chi connectivity index (χ1) is 14.0. The van der Waals surface area contributed by atoms with Gasteiger partial charge in [-0.1, -0.05) is 41.9 Å². The molecule has 3 aromatic carbocycles. The summed E-state index contributed by atoms with van der Waals surface area (Å²) >= 11 is 5.76. The molecule has 0 fully saturated rings. The van der Waals surface area contributed by atoms with Gasteiger partial charge in [-0.3, -0.25) is 24.6 Å². The van der Waals surface area contributed by atoms with Crippen molar-refractivity contribution in [2.24, 2.45) is 5.10 Å². The number of carbonyl (C=O) groups excluding carboxylic acids is 2. The predicted octanol–water partition coefficient (Wildman–Crippen LogP) is 3.51. The molecule has 0 radical (unpaired) electrons. The lowest BCUT2D eigenvalue weighted by Gasteiger charge is -2.16. The van der Waals surface area contributed by atoms with Gasteiger partial charge >= 0.3 is 0 Å². The van der Waals surface area contributed by atoms with Crippen molar-refractivity contribution in [1.82, 2.24) is 5.43 Å². The molecule has 3 aromatic rings. The zero-order valence-corrected chi connectivity index (χ0v) is 15.6. The number of hydrogen-bond donors (Lipinski definition) is 1. The second kappa shape index (κ2) is 7.33. The molecule has 144 valence electrons. The van der Waals surface area contributed by atoms with Crippen LogP contribution in [0.1, 0.15) is 15.9 Å². The summed E-state index contributed by atoms with van der Waals surface area (Å²) < 4.78 is 0. The van der Waals surface area contributed by atoms with Gasteiger partial charge in [-0.15, -0.1) is 0 Å². The quantitative estimate of drug-likeness (QED) is 0.396. The molecule has 0 unspecified atom stereocenters. The first kappa shape index (κ1) is 18.6. The molecule has 0 bridgehead atoms. The van der Waals surface area contributed by atoms with Crippen LogP contribution in [0.25, 0.3) is 10.8 Å². The number of anilines is 1. The van der Waals surface area contributed by atoms with Gasteiger partial charge in [0.1, 0.15) is 11.6 Å². The van der Waals surface area contributed by atoms with Crippen LogP contribution in [-0.2, 0) is 4.79 Å². The zero-order valence-electron chi connectivity index (χ0n) is 14.8. The maximum atomic E-state index is 12.7. The van der Waals surface area contributed by atoms with Gasteiger partial charge in [0.15, 0.2) is 0 Å². The summed E-state index contributed by atoms with van der Waals surface area (Å²) in [4.78, 5) is 36.7. The SMILES string of the molecule is O=C(CN1C(=O)c2cccc3cccc1c23)N/N=C/c1ccc(Cl)c([N+](=O)[O-])c1. The van der Waals surface area contributed by atoms with Gasteiger partial charge in [0.2, 0.25) is 0 Å². The third-order valence-corrected chi connectivity index (χ3v) is 4.84. The summed E-state index contributed by atoms with van der Waals surface area (Å²) in [6.45, 7) is -0.204. The van der Waals surface area contributed by atoms with E-state index in [1.165, 1.54) is 29.3 Å². The number of hydrazone groups is 1. The highest BCUT2D eigenvalue weighted by molar-refractivity contribution is 6.32. The van der Waals surface area contributed by atoms with E-state index in [1.54, 1.807) is 18.2 Å². The van der Waals surface area contributed by atoms with E-state index >= 15 is 0 Å². The largest absolute Gasteiger partial charge is 0.298 e. The van der Waals surface area contributed by atoms with Crippen LogP contribution in [0, 0.1) is 10.1 Å². The third-order valence-electron chi connectivity index (χ3n) is 4.52. The Morgan fingerprint density at radius 3 is 2.72 bits per heavy atom. The molecule has 9 heteroatoms. The molecule has 0 aliphatic carbocycles. The van der Waals surface area contributed by atoms with Gasteiger partial charge < -0.3 is 0 Å². The van der Waals surface area contributed by atoms with E-state index in [4.69, 9.17) is 11.6 Å². The molecular weight excluding hydrogens is 396 g/mol. The Morgan fingerprint density at radius 1 is 1.21 bits per heavy atom. The lowest BCUT2D eigenvalue weighted by Crippen LogP contribution is -2.37. The molecule has 1 heterocycles. The van der Waals surface area contributed by atoms with Crippen LogP contribution in [0.5, 0.6) is 0 Å². The van der Waals surface area contributed by atoms with E-state index in [1.807, 2.05) is 18.2 Å². The maximum Gasteiger partial charge on any atom is 0.288 e. The number of nitrogens with one attached hydrogen (secondary N) is 1. The molecule has 0 saturated carbocycles. The molecule has 0 atom stereocenters. The average Bonchev–Trinajstić information content (AvgIpc) is 2.97. The molecule has 4 rings (SSSR count). The summed E-state index contributed by atoms with van der Waals surface area (Å²) in [5, 5.41) is 16.5. The van der Waals surface area contributed by atoms with Gasteiger partial charge in [0.05, 0.1) is 16.8 Å². The molecule has 1 N–H and O–H groups in total. The molecule has 0 spiro atoms. The molecule has 1 aliphatic rings. The molecular formula is C20H13ClN4O4. The number of amides is 2. The number of benzene rings is 3. The Bertz CT molecular complexity index is 1200. The molecule has 0 aromatic heterocycles. The van der Waals surface area contributed by atoms with Gasteiger partial charge in [-0.2, -0.15) is 5.10 Å². The fourth-order valence-corrected chi connectivity index (χ4v) is 3.43. The molecule has 1 aliphatic heterocycles. The van der Waals surface area contributed by atoms with Crippen LogP contribution in [-0.4, -0.2) is 29.5 Å². The van der Waals surface area contributed by atoms with Crippen LogP contribution in [0.2, 0.25) is 5.02 Å². The van der Waals surface area contributed by atoms with Gasteiger partial charge in [-0.25, -0.2) is 5.43 Å². The second-order valence-electron chi connectivity index (χ2n) is 6.33. The topological polar surface area (TPSA) is 105 Å². The van der Waals surface area contributed by atoms with Crippen LogP contribution >= 0.6 is 11.6 Å². The van der Waals surface area contributed by atoms with Crippen molar-refractivity contribution in [3.63, 3.8) is 0 Å². The molecule has 2 amide bonds. The number of rotatable bonds is 5. The highest BCUT2D eigenvalue weighted by Crippen LogP contribution is 2.36.